The van der Waals surface area contributed by atoms with Crippen LogP contribution in [0.5, 0.6) is 0 Å². The van der Waals surface area contributed by atoms with Crippen molar-refractivity contribution in [1.29, 1.82) is 0 Å². The molecule has 1 atom stereocenters. The van der Waals surface area contributed by atoms with Gasteiger partial charge in [-0.25, -0.2) is 8.42 Å². The number of nitro benzene ring substituents is 1. The van der Waals surface area contributed by atoms with Gasteiger partial charge >= 0.3 is 0 Å². The fraction of sp³-hybridized carbons (Fsp3) is 0.455. The van der Waals surface area contributed by atoms with Crippen LogP contribution in [0.4, 0.5) is 11.4 Å². The largest absolute Gasteiger partial charge is 0.377 e. The number of anilines is 1. The molecule has 6 nitrogen and oxygen atoms in total. The molecule has 0 spiro atoms. The quantitative estimate of drug-likeness (QED) is 0.655. The van der Waals surface area contributed by atoms with Crippen LogP contribution >= 0.6 is 0 Å². The molecule has 0 bridgehead atoms. The summed E-state index contributed by atoms with van der Waals surface area (Å²) >= 11 is 0. The second-order valence-electron chi connectivity index (χ2n) is 4.16. The zero-order valence-corrected chi connectivity index (χ0v) is 11.3. The molecule has 0 saturated heterocycles. The molecule has 100 valence electrons. The molecule has 0 fully saturated rings. The first-order valence-corrected chi connectivity index (χ1v) is 7.40. The molecule has 7 heteroatoms. The molecule has 0 aliphatic carbocycles. The summed E-state index contributed by atoms with van der Waals surface area (Å²) in [5, 5.41) is 13.9. The maximum Gasteiger partial charge on any atom is 0.293 e. The summed E-state index contributed by atoms with van der Waals surface area (Å²) in [5.74, 6) is 0. The topological polar surface area (TPSA) is 89.3 Å². The monoisotopic (exact) mass is 272 g/mol. The van der Waals surface area contributed by atoms with Crippen molar-refractivity contribution >= 4 is 21.2 Å². The third-order valence-electron chi connectivity index (χ3n) is 2.61. The van der Waals surface area contributed by atoms with Crippen molar-refractivity contribution in [2.45, 2.75) is 31.2 Å². The molecule has 0 aliphatic rings. The standard InChI is InChI=1S/C11H16N2O4S/c1-4-8(2)12-10-6-5-9(18(3,16)17)7-11(10)13(14)15/h5-8,12H,4H2,1-3H3. The Morgan fingerprint density at radius 2 is 2.06 bits per heavy atom. The van der Waals surface area contributed by atoms with E-state index < -0.39 is 14.8 Å². The molecule has 0 aliphatic heterocycles. The van der Waals surface area contributed by atoms with E-state index >= 15 is 0 Å². The Labute approximate surface area is 106 Å². The number of sulfone groups is 1. The van der Waals surface area contributed by atoms with E-state index in [0.29, 0.717) is 5.69 Å². The summed E-state index contributed by atoms with van der Waals surface area (Å²) in [4.78, 5) is 10.3. The van der Waals surface area contributed by atoms with Gasteiger partial charge in [0.25, 0.3) is 5.69 Å². The lowest BCUT2D eigenvalue weighted by atomic mass is 10.2. The lowest BCUT2D eigenvalue weighted by Gasteiger charge is -2.13. The number of benzene rings is 1. The molecule has 1 N–H and O–H groups in total. The van der Waals surface area contributed by atoms with Crippen molar-refractivity contribution in [2.24, 2.45) is 0 Å². The Morgan fingerprint density at radius 1 is 1.44 bits per heavy atom. The van der Waals surface area contributed by atoms with E-state index in [1.807, 2.05) is 13.8 Å². The Kier molecular flexibility index (Phi) is 4.28. The van der Waals surface area contributed by atoms with Gasteiger partial charge in [-0.3, -0.25) is 10.1 Å². The molecule has 1 unspecified atom stereocenters. The fourth-order valence-electron chi connectivity index (χ4n) is 1.38. The maximum absolute atomic E-state index is 11.4. The van der Waals surface area contributed by atoms with Gasteiger partial charge in [-0.05, 0) is 25.5 Å². The van der Waals surface area contributed by atoms with Crippen molar-refractivity contribution in [1.82, 2.24) is 0 Å². The lowest BCUT2D eigenvalue weighted by molar-refractivity contribution is -0.384. The van der Waals surface area contributed by atoms with Crippen molar-refractivity contribution in [2.75, 3.05) is 11.6 Å². The molecule has 0 heterocycles. The molecule has 0 radical (unpaired) electrons. The summed E-state index contributed by atoms with van der Waals surface area (Å²) in [5.41, 5.74) is 0.111. The Bertz CT molecular complexity index is 554. The maximum atomic E-state index is 11.4. The number of rotatable bonds is 5. The minimum Gasteiger partial charge on any atom is -0.377 e. The second kappa shape index (κ2) is 5.34. The zero-order chi connectivity index (χ0) is 13.9. The molecule has 18 heavy (non-hydrogen) atoms. The van der Waals surface area contributed by atoms with Crippen LogP contribution in [0.1, 0.15) is 20.3 Å². The summed E-state index contributed by atoms with van der Waals surface area (Å²) in [7, 11) is -3.44. The molecule has 0 amide bonds. The first-order valence-electron chi connectivity index (χ1n) is 5.50. The highest BCUT2D eigenvalue weighted by molar-refractivity contribution is 7.90. The SMILES string of the molecule is CCC(C)Nc1ccc(S(C)(=O)=O)cc1[N+](=O)[O-]. The fourth-order valence-corrected chi connectivity index (χ4v) is 2.02. The predicted octanol–water partition coefficient (Wildman–Crippen LogP) is 2.21. The number of nitrogens with one attached hydrogen (secondary N) is 1. The first kappa shape index (κ1) is 14.4. The van der Waals surface area contributed by atoms with Gasteiger partial charge < -0.3 is 5.32 Å². The number of nitrogens with zero attached hydrogens (tertiary/aromatic N) is 1. The van der Waals surface area contributed by atoms with E-state index in [0.717, 1.165) is 18.7 Å². The Balaban J connectivity index is 3.25. The van der Waals surface area contributed by atoms with Crippen molar-refractivity contribution in [3.8, 4) is 0 Å². The minimum absolute atomic E-state index is 0.0519. The van der Waals surface area contributed by atoms with Gasteiger partial charge in [0.2, 0.25) is 0 Å². The van der Waals surface area contributed by atoms with Crippen LogP contribution in [0, 0.1) is 10.1 Å². The summed E-state index contributed by atoms with van der Waals surface area (Å²) in [6.07, 6.45) is 1.83. The Morgan fingerprint density at radius 3 is 2.50 bits per heavy atom. The molecule has 0 saturated carbocycles. The minimum atomic E-state index is -3.44. The normalized spacial score (nSPS) is 13.1. The van der Waals surface area contributed by atoms with Crippen molar-refractivity contribution in [3.63, 3.8) is 0 Å². The summed E-state index contributed by atoms with van der Waals surface area (Å²) in [6, 6.07) is 3.96. The van der Waals surface area contributed by atoms with Gasteiger partial charge in [0.05, 0.1) is 9.82 Å². The number of hydrogen-bond acceptors (Lipinski definition) is 5. The summed E-state index contributed by atoms with van der Waals surface area (Å²) in [6.45, 7) is 3.85. The van der Waals surface area contributed by atoms with Crippen LogP contribution in [-0.4, -0.2) is 25.6 Å². The van der Waals surface area contributed by atoms with Crippen molar-refractivity contribution in [3.05, 3.63) is 28.3 Å². The smallest absolute Gasteiger partial charge is 0.293 e. The van der Waals surface area contributed by atoms with E-state index in [1.54, 1.807) is 0 Å². The molecule has 1 rings (SSSR count). The lowest BCUT2D eigenvalue weighted by Crippen LogP contribution is -2.14. The van der Waals surface area contributed by atoms with Gasteiger partial charge in [-0.2, -0.15) is 0 Å². The molecular weight excluding hydrogens is 256 g/mol. The zero-order valence-electron chi connectivity index (χ0n) is 10.5. The van der Waals surface area contributed by atoms with E-state index in [4.69, 9.17) is 0 Å². The second-order valence-corrected chi connectivity index (χ2v) is 6.18. The third kappa shape index (κ3) is 3.43. The van der Waals surface area contributed by atoms with Gasteiger partial charge in [0.15, 0.2) is 9.84 Å². The van der Waals surface area contributed by atoms with Gasteiger partial charge in [-0.1, -0.05) is 6.92 Å². The van der Waals surface area contributed by atoms with Crippen LogP contribution in [0.25, 0.3) is 0 Å². The van der Waals surface area contributed by atoms with Crippen molar-refractivity contribution < 1.29 is 13.3 Å². The third-order valence-corrected chi connectivity index (χ3v) is 3.72. The van der Waals surface area contributed by atoms with E-state index in [2.05, 4.69) is 5.32 Å². The van der Waals surface area contributed by atoms with Crippen LogP contribution in [0.2, 0.25) is 0 Å². The first-order chi connectivity index (χ1) is 8.25. The van der Waals surface area contributed by atoms with Crippen LogP contribution in [-0.2, 0) is 9.84 Å². The van der Waals surface area contributed by atoms with Gasteiger partial charge in [0.1, 0.15) is 5.69 Å². The average Bonchev–Trinajstić information content (AvgIpc) is 2.27. The van der Waals surface area contributed by atoms with Crippen LogP contribution in [0.3, 0.4) is 0 Å². The molecule has 0 aromatic heterocycles. The average molecular weight is 272 g/mol. The molecule has 1 aromatic rings. The predicted molar refractivity (Wildman–Crippen MR) is 69.6 cm³/mol. The van der Waals surface area contributed by atoms with Crippen LogP contribution < -0.4 is 5.32 Å². The van der Waals surface area contributed by atoms with Gasteiger partial charge in [-0.15, -0.1) is 0 Å². The molecule has 1 aromatic carbocycles. The number of nitro groups is 1. The Hall–Kier alpha value is -1.63. The van der Waals surface area contributed by atoms with E-state index in [9.17, 15) is 18.5 Å². The summed E-state index contributed by atoms with van der Waals surface area (Å²) < 4.78 is 22.7. The van der Waals surface area contributed by atoms with E-state index in [1.165, 1.54) is 12.1 Å². The van der Waals surface area contributed by atoms with Crippen LogP contribution in [0.15, 0.2) is 23.1 Å². The van der Waals surface area contributed by atoms with Gasteiger partial charge in [0, 0.05) is 18.4 Å². The highest BCUT2D eigenvalue weighted by Crippen LogP contribution is 2.28. The highest BCUT2D eigenvalue weighted by Gasteiger charge is 2.19. The molecular formula is C11H16N2O4S. The highest BCUT2D eigenvalue weighted by atomic mass is 32.2. The number of hydrogen-bond donors (Lipinski definition) is 1. The van der Waals surface area contributed by atoms with E-state index in [-0.39, 0.29) is 16.6 Å².